The first kappa shape index (κ1) is 25.9. The fourth-order valence-corrected chi connectivity index (χ4v) is 4.58. The first-order valence-electron chi connectivity index (χ1n) is 11.8. The number of hydrogen-bond donors (Lipinski definition) is 1. The highest BCUT2D eigenvalue weighted by Gasteiger charge is 2.34. The number of amides is 1. The molecule has 0 bridgehead atoms. The van der Waals surface area contributed by atoms with Gasteiger partial charge in [-0.2, -0.15) is 5.10 Å². The number of halogens is 3. The molecule has 10 heteroatoms. The number of ether oxygens (including phenoxy) is 3. The number of carbonyl (C=O) groups excluding carboxylic acids is 1. The standard InChI is InChI=1S/C26H28BrF2N3O4/c1-3-34-20-12-5-16(13-21(20)35-4-2)15-36-19-10-8-18(9-11-19)30-22(33)14-32-25(17-6-7-17)23(27)24(31-32)26(28)29/h5,8-13,17,26H,3-4,6-7,14-15H2,1-2H3,(H,30,33). The van der Waals surface area contributed by atoms with E-state index in [4.69, 9.17) is 14.2 Å². The lowest BCUT2D eigenvalue weighted by Gasteiger charge is -2.13. The van der Waals surface area contributed by atoms with Gasteiger partial charge in [0.15, 0.2) is 11.5 Å². The lowest BCUT2D eigenvalue weighted by atomic mass is 10.2. The number of nitrogens with one attached hydrogen (secondary N) is 1. The van der Waals surface area contributed by atoms with Gasteiger partial charge in [-0.1, -0.05) is 6.07 Å². The Kier molecular flexibility index (Phi) is 8.45. The third-order valence-corrected chi connectivity index (χ3v) is 6.38. The predicted octanol–water partition coefficient (Wildman–Crippen LogP) is 6.48. The van der Waals surface area contributed by atoms with Crippen LogP contribution in [0.25, 0.3) is 0 Å². The van der Waals surface area contributed by atoms with Crippen LogP contribution in [0.3, 0.4) is 0 Å². The number of benzene rings is 2. The summed E-state index contributed by atoms with van der Waals surface area (Å²) in [7, 11) is 0. The fourth-order valence-electron chi connectivity index (χ4n) is 3.80. The minimum Gasteiger partial charge on any atom is -0.490 e. The van der Waals surface area contributed by atoms with Gasteiger partial charge in [-0.15, -0.1) is 0 Å². The molecule has 7 nitrogen and oxygen atoms in total. The van der Waals surface area contributed by atoms with Crippen LogP contribution in [0.5, 0.6) is 17.2 Å². The zero-order valence-corrected chi connectivity index (χ0v) is 21.7. The molecule has 1 aliphatic rings. The van der Waals surface area contributed by atoms with Crippen LogP contribution >= 0.6 is 15.9 Å². The second-order valence-electron chi connectivity index (χ2n) is 8.33. The van der Waals surface area contributed by atoms with Crippen molar-refractivity contribution in [2.24, 2.45) is 0 Å². The lowest BCUT2D eigenvalue weighted by Crippen LogP contribution is -2.21. The molecule has 0 aliphatic heterocycles. The molecule has 1 aromatic heterocycles. The molecular weight excluding hydrogens is 536 g/mol. The normalized spacial score (nSPS) is 13.1. The van der Waals surface area contributed by atoms with Crippen LogP contribution < -0.4 is 19.5 Å². The minimum absolute atomic E-state index is 0.144. The summed E-state index contributed by atoms with van der Waals surface area (Å²) in [5.74, 6) is 1.81. The van der Waals surface area contributed by atoms with Gasteiger partial charge in [0.2, 0.25) is 5.91 Å². The number of hydrogen-bond acceptors (Lipinski definition) is 5. The molecule has 1 saturated carbocycles. The van der Waals surface area contributed by atoms with E-state index >= 15 is 0 Å². The average Bonchev–Trinajstić information content (AvgIpc) is 3.63. The minimum atomic E-state index is -2.71. The van der Waals surface area contributed by atoms with Crippen LogP contribution in [0.2, 0.25) is 0 Å². The molecule has 3 aromatic rings. The first-order chi connectivity index (χ1) is 17.4. The van der Waals surface area contributed by atoms with Gasteiger partial charge in [-0.25, -0.2) is 8.78 Å². The van der Waals surface area contributed by atoms with Crippen molar-refractivity contribution in [2.75, 3.05) is 18.5 Å². The smallest absolute Gasteiger partial charge is 0.283 e. The molecule has 0 atom stereocenters. The van der Waals surface area contributed by atoms with E-state index in [1.807, 2.05) is 32.0 Å². The second kappa shape index (κ2) is 11.7. The van der Waals surface area contributed by atoms with Gasteiger partial charge < -0.3 is 19.5 Å². The third kappa shape index (κ3) is 6.34. The molecule has 1 aliphatic carbocycles. The Bertz CT molecular complexity index is 1200. The molecule has 0 radical (unpaired) electrons. The molecule has 0 spiro atoms. The van der Waals surface area contributed by atoms with Crippen molar-refractivity contribution >= 4 is 27.5 Å². The molecule has 0 saturated heterocycles. The van der Waals surface area contributed by atoms with Crippen molar-refractivity contribution in [1.82, 2.24) is 9.78 Å². The molecular formula is C26H28BrF2N3O4. The average molecular weight is 564 g/mol. The second-order valence-corrected chi connectivity index (χ2v) is 9.12. The summed E-state index contributed by atoms with van der Waals surface area (Å²) >= 11 is 3.24. The summed E-state index contributed by atoms with van der Waals surface area (Å²) < 4.78 is 45.3. The molecule has 36 heavy (non-hydrogen) atoms. The van der Waals surface area contributed by atoms with Gasteiger partial charge in [0.25, 0.3) is 6.43 Å². The number of anilines is 1. The quantitative estimate of drug-likeness (QED) is 0.273. The van der Waals surface area contributed by atoms with Crippen LogP contribution in [0.15, 0.2) is 46.9 Å². The zero-order chi connectivity index (χ0) is 25.7. The Hall–Kier alpha value is -3.14. The van der Waals surface area contributed by atoms with Crippen molar-refractivity contribution < 1.29 is 27.8 Å². The summed E-state index contributed by atoms with van der Waals surface area (Å²) in [6, 6.07) is 12.6. The van der Waals surface area contributed by atoms with Gasteiger partial charge in [0.05, 0.1) is 23.4 Å². The predicted molar refractivity (Wildman–Crippen MR) is 135 cm³/mol. The van der Waals surface area contributed by atoms with Gasteiger partial charge in [-0.3, -0.25) is 9.48 Å². The van der Waals surface area contributed by atoms with Gasteiger partial charge >= 0.3 is 0 Å². The maximum atomic E-state index is 13.3. The van der Waals surface area contributed by atoms with Crippen LogP contribution in [-0.4, -0.2) is 28.9 Å². The maximum absolute atomic E-state index is 13.3. The van der Waals surface area contributed by atoms with Gasteiger partial charge in [0, 0.05) is 11.6 Å². The molecule has 1 fully saturated rings. The van der Waals surface area contributed by atoms with Crippen LogP contribution in [-0.2, 0) is 17.9 Å². The summed E-state index contributed by atoms with van der Waals surface area (Å²) in [6.07, 6.45) is -0.902. The van der Waals surface area contributed by atoms with E-state index in [0.717, 1.165) is 18.4 Å². The topological polar surface area (TPSA) is 74.6 Å². The third-order valence-electron chi connectivity index (χ3n) is 5.57. The fraction of sp³-hybridized carbons (Fsp3) is 0.385. The van der Waals surface area contributed by atoms with E-state index < -0.39 is 6.43 Å². The van der Waals surface area contributed by atoms with Crippen molar-refractivity contribution in [3.63, 3.8) is 0 Å². The Morgan fingerprint density at radius 3 is 2.42 bits per heavy atom. The Morgan fingerprint density at radius 1 is 1.08 bits per heavy atom. The van der Waals surface area contributed by atoms with Gasteiger partial charge in [-0.05, 0) is 84.6 Å². The van der Waals surface area contributed by atoms with Crippen LogP contribution in [0.1, 0.15) is 56.0 Å². The SMILES string of the molecule is CCOc1ccc(COc2ccc(NC(=O)Cn3nc(C(F)F)c(Br)c3C3CC3)cc2)cc1OCC. The van der Waals surface area contributed by atoms with E-state index in [9.17, 15) is 13.6 Å². The number of nitrogens with zero attached hydrogens (tertiary/aromatic N) is 2. The Labute approximate surface area is 216 Å². The number of carbonyl (C=O) groups is 1. The van der Waals surface area contributed by atoms with Crippen molar-refractivity contribution in [3.8, 4) is 17.2 Å². The summed E-state index contributed by atoms with van der Waals surface area (Å²) in [6.45, 7) is 5.11. The van der Waals surface area contributed by atoms with Crippen LogP contribution in [0, 0.1) is 0 Å². The summed E-state index contributed by atoms with van der Waals surface area (Å²) in [4.78, 5) is 12.6. The molecule has 2 aromatic carbocycles. The first-order valence-corrected chi connectivity index (χ1v) is 12.6. The van der Waals surface area contributed by atoms with E-state index in [0.29, 0.717) is 52.9 Å². The summed E-state index contributed by atoms with van der Waals surface area (Å²) in [5, 5.41) is 6.76. The number of aromatic nitrogens is 2. The van der Waals surface area contributed by atoms with Crippen LogP contribution in [0.4, 0.5) is 14.5 Å². The van der Waals surface area contributed by atoms with E-state index in [-0.39, 0.29) is 24.1 Å². The van der Waals surface area contributed by atoms with Crippen molar-refractivity contribution in [2.45, 2.75) is 52.2 Å². The molecule has 1 N–H and O–H groups in total. The van der Waals surface area contributed by atoms with E-state index in [1.165, 1.54) is 4.68 Å². The van der Waals surface area contributed by atoms with Crippen molar-refractivity contribution in [3.05, 3.63) is 63.9 Å². The molecule has 0 unspecified atom stereocenters. The van der Waals surface area contributed by atoms with Crippen molar-refractivity contribution in [1.29, 1.82) is 0 Å². The van der Waals surface area contributed by atoms with Gasteiger partial charge in [0.1, 0.15) is 24.6 Å². The highest BCUT2D eigenvalue weighted by Crippen LogP contribution is 2.45. The molecule has 1 heterocycles. The van der Waals surface area contributed by atoms with E-state index in [1.54, 1.807) is 24.3 Å². The Morgan fingerprint density at radius 2 is 1.78 bits per heavy atom. The number of rotatable bonds is 12. The highest BCUT2D eigenvalue weighted by molar-refractivity contribution is 9.10. The molecule has 4 rings (SSSR count). The largest absolute Gasteiger partial charge is 0.490 e. The lowest BCUT2D eigenvalue weighted by molar-refractivity contribution is -0.117. The van der Waals surface area contributed by atoms with E-state index in [2.05, 4.69) is 26.3 Å². The Balaban J connectivity index is 1.34. The maximum Gasteiger partial charge on any atom is 0.283 e. The zero-order valence-electron chi connectivity index (χ0n) is 20.1. The monoisotopic (exact) mass is 563 g/mol. The molecule has 1 amide bonds. The number of alkyl halides is 2. The summed E-state index contributed by atoms with van der Waals surface area (Å²) in [5.41, 5.74) is 1.83. The molecule has 192 valence electrons. The highest BCUT2D eigenvalue weighted by atomic mass is 79.9.